The van der Waals surface area contributed by atoms with E-state index in [0.717, 1.165) is 18.2 Å². The lowest BCUT2D eigenvalue weighted by Gasteiger charge is -2.13. The van der Waals surface area contributed by atoms with Crippen LogP contribution in [0, 0.1) is 11.6 Å². The minimum Gasteiger partial charge on any atom is -0.455 e. The predicted molar refractivity (Wildman–Crippen MR) is 75.3 cm³/mol. The van der Waals surface area contributed by atoms with Crippen molar-refractivity contribution in [3.05, 3.63) is 53.6 Å². The van der Waals surface area contributed by atoms with E-state index < -0.39 is 11.6 Å². The molecule has 0 aromatic heterocycles. The van der Waals surface area contributed by atoms with Crippen LogP contribution in [0.3, 0.4) is 0 Å². The van der Waals surface area contributed by atoms with Crippen LogP contribution in [-0.4, -0.2) is 24.9 Å². The van der Waals surface area contributed by atoms with Gasteiger partial charge in [-0.2, -0.15) is 0 Å². The maximum Gasteiger partial charge on any atom is 0.253 e. The van der Waals surface area contributed by atoms with Gasteiger partial charge >= 0.3 is 0 Å². The molecule has 0 atom stereocenters. The minimum absolute atomic E-state index is 0.0337. The molecule has 0 spiro atoms. The van der Waals surface area contributed by atoms with Gasteiger partial charge in [0.05, 0.1) is 5.69 Å². The van der Waals surface area contributed by atoms with Crippen LogP contribution in [0.5, 0.6) is 11.5 Å². The zero-order chi connectivity index (χ0) is 15.6. The number of benzene rings is 2. The summed E-state index contributed by atoms with van der Waals surface area (Å²) < 4.78 is 31.6. The van der Waals surface area contributed by atoms with Crippen LogP contribution < -0.4 is 10.5 Å². The molecule has 0 heterocycles. The first-order chi connectivity index (χ1) is 9.86. The topological polar surface area (TPSA) is 55.6 Å². The number of carbonyl (C=O) groups is 1. The lowest BCUT2D eigenvalue weighted by Crippen LogP contribution is -2.21. The third-order valence-electron chi connectivity index (χ3n) is 2.73. The molecule has 6 heteroatoms. The summed E-state index contributed by atoms with van der Waals surface area (Å²) in [6.45, 7) is 0. The number of ether oxygens (including phenoxy) is 1. The summed E-state index contributed by atoms with van der Waals surface area (Å²) in [6, 6.07) is 7.28. The van der Waals surface area contributed by atoms with E-state index in [1.807, 2.05) is 0 Å². The Hall–Kier alpha value is -2.63. The number of hydrogen-bond acceptors (Lipinski definition) is 3. The van der Waals surface area contributed by atoms with Crippen LogP contribution in [0.2, 0.25) is 0 Å². The molecule has 0 saturated heterocycles. The fraction of sp³-hybridized carbons (Fsp3) is 0.133. The van der Waals surface area contributed by atoms with Crippen molar-refractivity contribution in [3.8, 4) is 11.5 Å². The number of hydrogen-bond donors (Lipinski definition) is 1. The van der Waals surface area contributed by atoms with Gasteiger partial charge < -0.3 is 15.4 Å². The number of nitrogens with zero attached hydrogens (tertiary/aromatic N) is 1. The van der Waals surface area contributed by atoms with Crippen LogP contribution in [0.4, 0.5) is 14.5 Å². The summed E-state index contributed by atoms with van der Waals surface area (Å²) in [5, 5.41) is 0. The number of anilines is 1. The number of rotatable bonds is 3. The van der Waals surface area contributed by atoms with Crippen molar-refractivity contribution in [2.75, 3.05) is 19.8 Å². The minimum atomic E-state index is -0.760. The van der Waals surface area contributed by atoms with Crippen LogP contribution in [-0.2, 0) is 0 Å². The van der Waals surface area contributed by atoms with Gasteiger partial charge in [0, 0.05) is 37.9 Å². The molecule has 1 amide bonds. The molecule has 0 fully saturated rings. The summed E-state index contributed by atoms with van der Waals surface area (Å²) in [7, 11) is 3.22. The molecule has 0 saturated carbocycles. The third-order valence-corrected chi connectivity index (χ3v) is 2.73. The van der Waals surface area contributed by atoms with Gasteiger partial charge in [0.2, 0.25) is 0 Å². The summed E-state index contributed by atoms with van der Waals surface area (Å²) in [5.41, 5.74) is 6.37. The van der Waals surface area contributed by atoms with Crippen LogP contribution in [0.25, 0.3) is 0 Å². The summed E-state index contributed by atoms with van der Waals surface area (Å²) >= 11 is 0. The molecular formula is C15H14F2N2O2. The molecule has 2 rings (SSSR count). The van der Waals surface area contributed by atoms with Gasteiger partial charge in [0.25, 0.3) is 5.91 Å². The first-order valence-corrected chi connectivity index (χ1v) is 6.12. The Balaban J connectivity index is 2.35. The SMILES string of the molecule is CN(C)C(=O)c1ccc(N)c(Oc2cc(F)cc(F)c2)c1. The monoisotopic (exact) mass is 292 g/mol. The van der Waals surface area contributed by atoms with Crippen molar-refractivity contribution in [1.29, 1.82) is 0 Å². The summed E-state index contributed by atoms with van der Waals surface area (Å²) in [5.74, 6) is -1.63. The second kappa shape index (κ2) is 5.78. The lowest BCUT2D eigenvalue weighted by molar-refractivity contribution is 0.0827. The molecule has 0 aliphatic rings. The fourth-order valence-corrected chi connectivity index (χ4v) is 1.73. The van der Waals surface area contributed by atoms with Crippen molar-refractivity contribution in [3.63, 3.8) is 0 Å². The molecular weight excluding hydrogens is 278 g/mol. The zero-order valence-electron chi connectivity index (χ0n) is 11.6. The largest absolute Gasteiger partial charge is 0.455 e. The Labute approximate surface area is 120 Å². The van der Waals surface area contributed by atoms with Crippen molar-refractivity contribution in [2.45, 2.75) is 0 Å². The Morgan fingerprint density at radius 1 is 1.10 bits per heavy atom. The Morgan fingerprint density at radius 2 is 1.71 bits per heavy atom. The van der Waals surface area contributed by atoms with Crippen LogP contribution >= 0.6 is 0 Å². The van der Waals surface area contributed by atoms with E-state index in [1.165, 1.54) is 17.0 Å². The van der Waals surface area contributed by atoms with E-state index >= 15 is 0 Å². The molecule has 2 aromatic carbocycles. The normalized spacial score (nSPS) is 10.3. The molecule has 0 radical (unpaired) electrons. The molecule has 21 heavy (non-hydrogen) atoms. The van der Waals surface area contributed by atoms with Gasteiger partial charge in [-0.05, 0) is 18.2 Å². The van der Waals surface area contributed by atoms with E-state index in [-0.39, 0.29) is 23.1 Å². The summed E-state index contributed by atoms with van der Waals surface area (Å²) in [4.78, 5) is 13.3. The Bertz CT molecular complexity index is 667. The molecule has 0 bridgehead atoms. The van der Waals surface area contributed by atoms with E-state index in [2.05, 4.69) is 0 Å². The molecule has 0 aliphatic heterocycles. The highest BCUT2D eigenvalue weighted by Crippen LogP contribution is 2.29. The molecule has 110 valence electrons. The quantitative estimate of drug-likeness (QED) is 0.885. The highest BCUT2D eigenvalue weighted by atomic mass is 19.1. The van der Waals surface area contributed by atoms with Gasteiger partial charge in [0.15, 0.2) is 5.75 Å². The number of amides is 1. The smallest absolute Gasteiger partial charge is 0.253 e. The predicted octanol–water partition coefficient (Wildman–Crippen LogP) is 3.04. The van der Waals surface area contributed by atoms with Crippen molar-refractivity contribution in [1.82, 2.24) is 4.90 Å². The standard InChI is InChI=1S/C15H14F2N2O2/c1-19(2)15(20)9-3-4-13(18)14(5-9)21-12-7-10(16)6-11(17)8-12/h3-8H,18H2,1-2H3. The maximum absolute atomic E-state index is 13.1. The highest BCUT2D eigenvalue weighted by molar-refractivity contribution is 5.94. The molecule has 2 N–H and O–H groups in total. The molecule has 0 aliphatic carbocycles. The lowest BCUT2D eigenvalue weighted by atomic mass is 10.1. The van der Waals surface area contributed by atoms with Gasteiger partial charge in [-0.1, -0.05) is 0 Å². The average Bonchev–Trinajstić information content (AvgIpc) is 2.39. The third kappa shape index (κ3) is 3.47. The van der Waals surface area contributed by atoms with E-state index in [9.17, 15) is 13.6 Å². The second-order valence-corrected chi connectivity index (χ2v) is 4.66. The van der Waals surface area contributed by atoms with Crippen molar-refractivity contribution in [2.24, 2.45) is 0 Å². The molecule has 2 aromatic rings. The highest BCUT2D eigenvalue weighted by Gasteiger charge is 2.12. The number of nitrogens with two attached hydrogens (primary N) is 1. The fourth-order valence-electron chi connectivity index (χ4n) is 1.73. The first-order valence-electron chi connectivity index (χ1n) is 6.12. The number of carbonyl (C=O) groups excluding carboxylic acids is 1. The van der Waals surface area contributed by atoms with Crippen LogP contribution in [0.1, 0.15) is 10.4 Å². The van der Waals surface area contributed by atoms with Gasteiger partial charge in [-0.25, -0.2) is 8.78 Å². The van der Waals surface area contributed by atoms with E-state index in [0.29, 0.717) is 5.56 Å². The number of halogens is 2. The molecule has 0 unspecified atom stereocenters. The average molecular weight is 292 g/mol. The first kappa shape index (κ1) is 14.8. The molecule has 4 nitrogen and oxygen atoms in total. The van der Waals surface area contributed by atoms with E-state index in [1.54, 1.807) is 20.2 Å². The van der Waals surface area contributed by atoms with Gasteiger partial charge in [0.1, 0.15) is 17.4 Å². The van der Waals surface area contributed by atoms with E-state index in [4.69, 9.17) is 10.5 Å². The maximum atomic E-state index is 13.1. The second-order valence-electron chi connectivity index (χ2n) is 4.66. The van der Waals surface area contributed by atoms with Crippen LogP contribution in [0.15, 0.2) is 36.4 Å². The van der Waals surface area contributed by atoms with Crippen molar-refractivity contribution < 1.29 is 18.3 Å². The number of nitrogen functional groups attached to an aromatic ring is 1. The van der Waals surface area contributed by atoms with Gasteiger partial charge in [-0.3, -0.25) is 4.79 Å². The zero-order valence-corrected chi connectivity index (χ0v) is 11.6. The van der Waals surface area contributed by atoms with Gasteiger partial charge in [-0.15, -0.1) is 0 Å². The Morgan fingerprint density at radius 3 is 2.29 bits per heavy atom. The summed E-state index contributed by atoms with van der Waals surface area (Å²) in [6.07, 6.45) is 0. The van der Waals surface area contributed by atoms with Crippen molar-refractivity contribution >= 4 is 11.6 Å². The Kier molecular flexibility index (Phi) is 4.07.